The molecule has 2 heterocycles. The molecule has 0 saturated carbocycles. The number of urea groups is 1. The third kappa shape index (κ3) is 4.36. The molecule has 0 aromatic heterocycles. The van der Waals surface area contributed by atoms with Gasteiger partial charge in [0.25, 0.3) is 0 Å². The van der Waals surface area contributed by atoms with Crippen molar-refractivity contribution >= 4 is 12.0 Å². The van der Waals surface area contributed by atoms with Crippen LogP contribution in [-0.2, 0) is 9.53 Å². The molecule has 0 aliphatic carbocycles. The topological polar surface area (TPSA) is 65.1 Å². The van der Waals surface area contributed by atoms with Gasteiger partial charge in [-0.1, -0.05) is 30.3 Å². The second kappa shape index (κ2) is 9.21. The Morgan fingerprint density at radius 1 is 1.14 bits per heavy atom. The van der Waals surface area contributed by atoms with E-state index >= 15 is 0 Å². The average molecular weight is 386 g/mol. The van der Waals surface area contributed by atoms with Gasteiger partial charge in [-0.05, 0) is 26.5 Å². The zero-order chi connectivity index (χ0) is 20.1. The van der Waals surface area contributed by atoms with Gasteiger partial charge in [-0.3, -0.25) is 9.80 Å². The summed E-state index contributed by atoms with van der Waals surface area (Å²) in [5.41, 5.74) is 2.17. The number of esters is 1. The van der Waals surface area contributed by atoms with Crippen molar-refractivity contribution in [1.29, 1.82) is 0 Å². The largest absolute Gasteiger partial charge is 0.463 e. The first-order chi connectivity index (χ1) is 13.5. The molecule has 1 atom stereocenters. The minimum Gasteiger partial charge on any atom is -0.463 e. The Hall–Kier alpha value is -2.38. The van der Waals surface area contributed by atoms with Crippen LogP contribution in [0.1, 0.15) is 25.5 Å². The number of carbonyl (C=O) groups excluding carboxylic acids is 2. The van der Waals surface area contributed by atoms with E-state index in [2.05, 4.69) is 22.2 Å². The van der Waals surface area contributed by atoms with Crippen LogP contribution in [0.3, 0.4) is 0 Å². The highest BCUT2D eigenvalue weighted by molar-refractivity contribution is 5.95. The molecule has 7 heteroatoms. The molecule has 0 spiro atoms. The molecule has 1 aromatic rings. The summed E-state index contributed by atoms with van der Waals surface area (Å²) in [6, 6.07) is 8.93. The molecule has 1 N–H and O–H groups in total. The number of carbonyl (C=O) groups is 2. The summed E-state index contributed by atoms with van der Waals surface area (Å²) in [7, 11) is 2.11. The van der Waals surface area contributed by atoms with Crippen LogP contribution in [0.5, 0.6) is 0 Å². The van der Waals surface area contributed by atoms with Gasteiger partial charge < -0.3 is 15.0 Å². The summed E-state index contributed by atoms with van der Waals surface area (Å²) < 4.78 is 5.40. The third-order valence-corrected chi connectivity index (χ3v) is 5.35. The molecule has 1 saturated heterocycles. The van der Waals surface area contributed by atoms with Crippen LogP contribution in [0.2, 0.25) is 0 Å². The highest BCUT2D eigenvalue weighted by atomic mass is 16.5. The summed E-state index contributed by atoms with van der Waals surface area (Å²) in [4.78, 5) is 32.1. The number of likely N-dealkylation sites (N-methyl/N-ethyl adjacent to an activating group) is 2. The molecule has 1 fully saturated rings. The van der Waals surface area contributed by atoms with Crippen LogP contribution in [0.25, 0.3) is 0 Å². The van der Waals surface area contributed by atoms with Crippen LogP contribution < -0.4 is 5.32 Å². The van der Waals surface area contributed by atoms with E-state index in [0.29, 0.717) is 25.3 Å². The van der Waals surface area contributed by atoms with Gasteiger partial charge in [-0.2, -0.15) is 0 Å². The normalized spacial score (nSPS) is 21.6. The number of hydrogen-bond acceptors (Lipinski definition) is 5. The van der Waals surface area contributed by atoms with Crippen molar-refractivity contribution < 1.29 is 14.3 Å². The molecule has 0 radical (unpaired) electrons. The molecular weight excluding hydrogens is 356 g/mol. The zero-order valence-electron chi connectivity index (χ0n) is 17.0. The van der Waals surface area contributed by atoms with Crippen LogP contribution in [-0.4, -0.2) is 79.6 Å². The number of hydrogen-bond donors (Lipinski definition) is 1. The van der Waals surface area contributed by atoms with Crippen molar-refractivity contribution in [3.05, 3.63) is 47.2 Å². The number of rotatable bonds is 6. The Bertz CT molecular complexity index is 726. The SMILES string of the molecule is CCOC(=O)C1=C(CN2CCN(C)CC2)N(CC)C(=O)NC1c1ccccc1. The highest BCUT2D eigenvalue weighted by Crippen LogP contribution is 2.32. The zero-order valence-corrected chi connectivity index (χ0v) is 17.0. The number of piperazine rings is 1. The monoisotopic (exact) mass is 386 g/mol. The standard InChI is InChI=1S/C21H30N4O3/c1-4-25-17(15-24-13-11-23(3)12-14-24)18(20(26)28-5-2)19(22-21(25)27)16-9-7-6-8-10-16/h6-10,19H,4-5,11-15H2,1-3H3,(H,22,27). The van der Waals surface area contributed by atoms with Gasteiger partial charge in [0.05, 0.1) is 18.2 Å². The summed E-state index contributed by atoms with van der Waals surface area (Å²) in [5, 5.41) is 3.00. The molecule has 2 amide bonds. The van der Waals surface area contributed by atoms with E-state index in [1.54, 1.807) is 11.8 Å². The molecule has 7 nitrogen and oxygen atoms in total. The fraction of sp³-hybridized carbons (Fsp3) is 0.524. The van der Waals surface area contributed by atoms with E-state index in [4.69, 9.17) is 4.74 Å². The van der Waals surface area contributed by atoms with Crippen molar-refractivity contribution in [3.8, 4) is 0 Å². The van der Waals surface area contributed by atoms with Gasteiger partial charge in [-0.25, -0.2) is 9.59 Å². The minimum absolute atomic E-state index is 0.173. The van der Waals surface area contributed by atoms with Crippen molar-refractivity contribution in [1.82, 2.24) is 20.0 Å². The Balaban J connectivity index is 2.03. The van der Waals surface area contributed by atoms with Gasteiger partial charge in [0.15, 0.2) is 0 Å². The van der Waals surface area contributed by atoms with Gasteiger partial charge >= 0.3 is 12.0 Å². The minimum atomic E-state index is -0.502. The summed E-state index contributed by atoms with van der Waals surface area (Å²) in [6.07, 6.45) is 0. The fourth-order valence-electron chi connectivity index (χ4n) is 3.77. The maximum atomic E-state index is 13.0. The molecule has 1 unspecified atom stereocenters. The van der Waals surface area contributed by atoms with Crippen molar-refractivity contribution in [2.24, 2.45) is 0 Å². The first kappa shape index (κ1) is 20.4. The average Bonchev–Trinajstić information content (AvgIpc) is 2.70. The Morgan fingerprint density at radius 2 is 1.82 bits per heavy atom. The van der Waals surface area contributed by atoms with Crippen LogP contribution in [0.15, 0.2) is 41.6 Å². The molecule has 0 bridgehead atoms. The number of nitrogens with one attached hydrogen (secondary N) is 1. The number of ether oxygens (including phenoxy) is 1. The third-order valence-electron chi connectivity index (χ3n) is 5.35. The first-order valence-electron chi connectivity index (χ1n) is 9.99. The lowest BCUT2D eigenvalue weighted by atomic mass is 9.94. The summed E-state index contributed by atoms with van der Waals surface area (Å²) in [5.74, 6) is -0.362. The van der Waals surface area contributed by atoms with E-state index in [9.17, 15) is 9.59 Å². The van der Waals surface area contributed by atoms with E-state index in [0.717, 1.165) is 37.4 Å². The van der Waals surface area contributed by atoms with Crippen molar-refractivity contribution in [2.45, 2.75) is 19.9 Å². The number of benzene rings is 1. The lowest BCUT2D eigenvalue weighted by Crippen LogP contribution is -2.52. The molecule has 3 rings (SSSR count). The number of amides is 2. The second-order valence-electron chi connectivity index (χ2n) is 7.20. The maximum absolute atomic E-state index is 13.0. The predicted molar refractivity (Wildman–Crippen MR) is 108 cm³/mol. The van der Waals surface area contributed by atoms with Crippen molar-refractivity contribution in [2.75, 3.05) is 52.9 Å². The van der Waals surface area contributed by atoms with Gasteiger partial charge in [0.1, 0.15) is 0 Å². The van der Waals surface area contributed by atoms with E-state index in [-0.39, 0.29) is 12.0 Å². The predicted octanol–water partition coefficient (Wildman–Crippen LogP) is 1.84. The summed E-state index contributed by atoms with van der Waals surface area (Å²) in [6.45, 7) is 8.85. The molecule has 2 aliphatic rings. The summed E-state index contributed by atoms with van der Waals surface area (Å²) >= 11 is 0. The van der Waals surface area contributed by atoms with E-state index in [1.807, 2.05) is 37.3 Å². The molecule has 2 aliphatic heterocycles. The fourth-order valence-corrected chi connectivity index (χ4v) is 3.77. The Kier molecular flexibility index (Phi) is 6.70. The molecule has 1 aromatic carbocycles. The lowest BCUT2D eigenvalue weighted by Gasteiger charge is -2.40. The molecule has 28 heavy (non-hydrogen) atoms. The van der Waals surface area contributed by atoms with Crippen LogP contribution >= 0.6 is 0 Å². The van der Waals surface area contributed by atoms with Gasteiger partial charge in [-0.15, -0.1) is 0 Å². The van der Waals surface area contributed by atoms with Crippen LogP contribution in [0, 0.1) is 0 Å². The van der Waals surface area contributed by atoms with Crippen molar-refractivity contribution in [3.63, 3.8) is 0 Å². The molecular formula is C21H30N4O3. The maximum Gasteiger partial charge on any atom is 0.338 e. The van der Waals surface area contributed by atoms with Gasteiger partial charge in [0, 0.05) is 45.0 Å². The lowest BCUT2D eigenvalue weighted by molar-refractivity contribution is -0.139. The quantitative estimate of drug-likeness (QED) is 0.756. The van der Waals surface area contributed by atoms with Crippen LogP contribution in [0.4, 0.5) is 4.79 Å². The Labute approximate surface area is 166 Å². The molecule has 152 valence electrons. The number of nitrogens with zero attached hydrogens (tertiary/aromatic N) is 3. The highest BCUT2D eigenvalue weighted by Gasteiger charge is 2.38. The van der Waals surface area contributed by atoms with Gasteiger partial charge in [0.2, 0.25) is 0 Å². The first-order valence-corrected chi connectivity index (χ1v) is 9.99. The van der Waals surface area contributed by atoms with E-state index < -0.39 is 6.04 Å². The second-order valence-corrected chi connectivity index (χ2v) is 7.20. The Morgan fingerprint density at radius 3 is 2.43 bits per heavy atom. The van der Waals surface area contributed by atoms with E-state index in [1.165, 1.54) is 0 Å². The smallest absolute Gasteiger partial charge is 0.338 e.